The van der Waals surface area contributed by atoms with Crippen molar-refractivity contribution in [2.45, 2.75) is 25.5 Å². The maximum absolute atomic E-state index is 12.9. The van der Waals surface area contributed by atoms with Gasteiger partial charge >= 0.3 is 5.69 Å². The van der Waals surface area contributed by atoms with Gasteiger partial charge in [0.05, 0.1) is 25.5 Å². The topological polar surface area (TPSA) is 84.7 Å². The Hall–Kier alpha value is -3.33. The van der Waals surface area contributed by atoms with E-state index in [1.807, 2.05) is 30.5 Å². The van der Waals surface area contributed by atoms with Gasteiger partial charge in [-0.3, -0.25) is 18.3 Å². The molecule has 1 aromatic carbocycles. The Labute approximate surface area is 171 Å². The van der Waals surface area contributed by atoms with Crippen molar-refractivity contribution in [3.8, 4) is 17.0 Å². The first kappa shape index (κ1) is 18.7. The molecule has 0 unspecified atom stereocenters. The van der Waals surface area contributed by atoms with Crippen LogP contribution in [0.2, 0.25) is 0 Å². The molecule has 1 atom stereocenters. The molecule has 156 valence electrons. The van der Waals surface area contributed by atoms with Crippen LogP contribution in [0.5, 0.6) is 5.75 Å². The Kier molecular flexibility index (Phi) is 4.28. The number of hydrogen-bond donors (Lipinski definition) is 0. The Balaban J connectivity index is 1.80. The molecule has 0 bridgehead atoms. The molecule has 0 saturated carbocycles. The molecule has 4 heterocycles. The van der Waals surface area contributed by atoms with Crippen molar-refractivity contribution in [1.29, 1.82) is 0 Å². The van der Waals surface area contributed by atoms with E-state index in [1.165, 1.54) is 11.6 Å². The summed E-state index contributed by atoms with van der Waals surface area (Å²) in [4.78, 5) is 29.9. The van der Waals surface area contributed by atoms with E-state index >= 15 is 0 Å². The van der Waals surface area contributed by atoms with Crippen LogP contribution < -0.4 is 16.0 Å². The van der Waals surface area contributed by atoms with Gasteiger partial charge in [-0.25, -0.2) is 4.79 Å². The van der Waals surface area contributed by atoms with E-state index in [4.69, 9.17) is 14.5 Å². The third-order valence-electron chi connectivity index (χ3n) is 5.85. The summed E-state index contributed by atoms with van der Waals surface area (Å²) in [7, 11) is 4.75. The minimum atomic E-state index is -0.394. The van der Waals surface area contributed by atoms with Crippen LogP contribution in [-0.4, -0.2) is 42.9 Å². The quantitative estimate of drug-likeness (QED) is 0.511. The number of rotatable bonds is 4. The molecule has 0 N–H and O–H groups in total. The second kappa shape index (κ2) is 6.88. The summed E-state index contributed by atoms with van der Waals surface area (Å²) in [6.45, 7) is 1.38. The van der Waals surface area contributed by atoms with Crippen molar-refractivity contribution in [3.05, 3.63) is 51.3 Å². The van der Waals surface area contributed by atoms with Gasteiger partial charge in [0, 0.05) is 32.5 Å². The first-order valence-corrected chi connectivity index (χ1v) is 9.93. The number of nitrogens with zero attached hydrogens (tertiary/aromatic N) is 5. The number of fused-ring (bicyclic) bond motifs is 3. The Morgan fingerprint density at radius 3 is 2.60 bits per heavy atom. The normalized spacial score (nSPS) is 16.7. The van der Waals surface area contributed by atoms with E-state index in [1.54, 1.807) is 18.6 Å². The average molecular weight is 409 g/mol. The second-order valence-corrected chi connectivity index (χ2v) is 7.65. The van der Waals surface area contributed by atoms with Gasteiger partial charge in [0.1, 0.15) is 5.75 Å². The number of benzene rings is 1. The van der Waals surface area contributed by atoms with E-state index < -0.39 is 5.69 Å². The minimum Gasteiger partial charge on any atom is -0.497 e. The van der Waals surface area contributed by atoms with Crippen molar-refractivity contribution >= 4 is 16.9 Å². The van der Waals surface area contributed by atoms with Crippen molar-refractivity contribution in [2.75, 3.05) is 13.7 Å². The molecule has 3 aromatic heterocycles. The minimum absolute atomic E-state index is 0.0877. The van der Waals surface area contributed by atoms with Crippen LogP contribution in [0.1, 0.15) is 12.8 Å². The molecule has 1 aliphatic rings. The smallest absolute Gasteiger partial charge is 0.332 e. The van der Waals surface area contributed by atoms with Gasteiger partial charge in [-0.2, -0.15) is 4.98 Å². The van der Waals surface area contributed by atoms with Crippen molar-refractivity contribution in [3.63, 3.8) is 0 Å². The number of hydrogen-bond acceptors (Lipinski definition) is 5. The van der Waals surface area contributed by atoms with Crippen LogP contribution in [0.15, 0.2) is 40.1 Å². The van der Waals surface area contributed by atoms with E-state index in [9.17, 15) is 9.59 Å². The Morgan fingerprint density at radius 2 is 1.93 bits per heavy atom. The van der Waals surface area contributed by atoms with Gasteiger partial charge in [-0.15, -0.1) is 0 Å². The number of aromatic nitrogens is 5. The first-order chi connectivity index (χ1) is 14.5. The molecule has 30 heavy (non-hydrogen) atoms. The summed E-state index contributed by atoms with van der Waals surface area (Å²) in [5.41, 5.74) is 1.91. The van der Waals surface area contributed by atoms with Gasteiger partial charge in [0.15, 0.2) is 11.2 Å². The molecule has 1 aliphatic heterocycles. The SMILES string of the molecule is COc1ccc(-c2cn3c4c(=O)n(C)c(=O)n(C)c4nc3n2C[C@@H]2CCCO2)cc1. The number of imidazole rings is 2. The lowest BCUT2D eigenvalue weighted by Crippen LogP contribution is -2.37. The highest BCUT2D eigenvalue weighted by Crippen LogP contribution is 2.28. The molecule has 1 fully saturated rings. The number of ether oxygens (including phenoxy) is 2. The summed E-state index contributed by atoms with van der Waals surface area (Å²) in [5.74, 6) is 1.39. The summed E-state index contributed by atoms with van der Waals surface area (Å²) < 4.78 is 17.5. The zero-order chi connectivity index (χ0) is 21.0. The highest BCUT2D eigenvalue weighted by molar-refractivity contribution is 5.78. The maximum atomic E-state index is 12.9. The van der Waals surface area contributed by atoms with E-state index in [0.717, 1.165) is 41.0 Å². The Morgan fingerprint density at radius 1 is 1.17 bits per heavy atom. The maximum Gasteiger partial charge on any atom is 0.332 e. The van der Waals surface area contributed by atoms with Crippen LogP contribution >= 0.6 is 0 Å². The molecule has 0 amide bonds. The summed E-state index contributed by atoms with van der Waals surface area (Å²) in [5, 5.41) is 0. The predicted octanol–water partition coefficient (Wildman–Crippen LogP) is 1.54. The van der Waals surface area contributed by atoms with Gasteiger partial charge in [0.25, 0.3) is 5.56 Å². The van der Waals surface area contributed by atoms with E-state index in [2.05, 4.69) is 4.57 Å². The molecule has 9 nitrogen and oxygen atoms in total. The fourth-order valence-electron chi connectivity index (χ4n) is 4.18. The third kappa shape index (κ3) is 2.69. The van der Waals surface area contributed by atoms with E-state index in [-0.39, 0.29) is 11.7 Å². The van der Waals surface area contributed by atoms with Crippen LogP contribution in [0.25, 0.3) is 28.2 Å². The largest absolute Gasteiger partial charge is 0.497 e. The molecule has 1 saturated heterocycles. The first-order valence-electron chi connectivity index (χ1n) is 9.93. The third-order valence-corrected chi connectivity index (χ3v) is 5.85. The summed E-state index contributed by atoms with van der Waals surface area (Å²) in [6, 6.07) is 7.77. The second-order valence-electron chi connectivity index (χ2n) is 7.65. The fraction of sp³-hybridized carbons (Fsp3) is 0.381. The summed E-state index contributed by atoms with van der Waals surface area (Å²) >= 11 is 0. The molecule has 4 aromatic rings. The lowest BCUT2D eigenvalue weighted by molar-refractivity contribution is 0.0981. The lowest BCUT2D eigenvalue weighted by atomic mass is 10.1. The molecular formula is C21H23N5O4. The number of aryl methyl sites for hydroxylation is 1. The van der Waals surface area contributed by atoms with Gasteiger partial charge in [-0.1, -0.05) is 0 Å². The monoisotopic (exact) mass is 409 g/mol. The molecule has 9 heteroatoms. The van der Waals surface area contributed by atoms with Crippen LogP contribution in [0.3, 0.4) is 0 Å². The van der Waals surface area contributed by atoms with Crippen LogP contribution in [0, 0.1) is 0 Å². The molecule has 5 rings (SSSR count). The predicted molar refractivity (Wildman–Crippen MR) is 112 cm³/mol. The van der Waals surface area contributed by atoms with Crippen molar-refractivity contribution < 1.29 is 9.47 Å². The van der Waals surface area contributed by atoms with Gasteiger partial charge < -0.3 is 14.0 Å². The van der Waals surface area contributed by atoms with E-state index in [0.29, 0.717) is 23.5 Å². The number of methoxy groups -OCH3 is 1. The standard InChI is InChI=1S/C21H23N5O4/c1-23-18-17(19(27)24(2)21(23)28)26-12-16(13-6-8-14(29-3)9-7-13)25(20(26)22-18)11-15-5-4-10-30-15/h6-9,12,15H,4-5,10-11H2,1-3H3/t15-/m0/s1. The van der Waals surface area contributed by atoms with Gasteiger partial charge in [-0.05, 0) is 37.1 Å². The Bertz CT molecular complexity index is 1370. The lowest BCUT2D eigenvalue weighted by Gasteiger charge is -2.14. The van der Waals surface area contributed by atoms with Crippen LogP contribution in [-0.2, 0) is 25.4 Å². The highest BCUT2D eigenvalue weighted by Gasteiger charge is 2.24. The van der Waals surface area contributed by atoms with Crippen molar-refractivity contribution in [1.82, 2.24) is 23.1 Å². The average Bonchev–Trinajstić information content (AvgIpc) is 3.48. The van der Waals surface area contributed by atoms with Gasteiger partial charge in [0.2, 0.25) is 5.78 Å². The molecule has 0 spiro atoms. The van der Waals surface area contributed by atoms with Crippen molar-refractivity contribution in [2.24, 2.45) is 14.1 Å². The zero-order valence-electron chi connectivity index (χ0n) is 17.2. The molecule has 0 radical (unpaired) electrons. The molecule has 0 aliphatic carbocycles. The van der Waals surface area contributed by atoms with Crippen LogP contribution in [0.4, 0.5) is 0 Å². The zero-order valence-corrected chi connectivity index (χ0v) is 17.2. The highest BCUT2D eigenvalue weighted by atomic mass is 16.5. The molecular weight excluding hydrogens is 386 g/mol. The fourth-order valence-corrected chi connectivity index (χ4v) is 4.18. The summed E-state index contributed by atoms with van der Waals surface area (Å²) in [6.07, 6.45) is 4.01.